The van der Waals surface area contributed by atoms with Gasteiger partial charge in [0.2, 0.25) is 11.8 Å². The number of halogens is 2. The lowest BCUT2D eigenvalue weighted by molar-refractivity contribution is -0.126. The van der Waals surface area contributed by atoms with Crippen molar-refractivity contribution in [1.29, 1.82) is 0 Å². The molecule has 1 aromatic heterocycles. The van der Waals surface area contributed by atoms with E-state index in [2.05, 4.69) is 15.6 Å². The normalized spacial score (nSPS) is 10.7. The minimum Gasteiger partial charge on any atom is -0.361 e. The summed E-state index contributed by atoms with van der Waals surface area (Å²) in [6, 6.07) is 12.9. The van der Waals surface area contributed by atoms with E-state index in [0.717, 1.165) is 16.5 Å². The Kier molecular flexibility index (Phi) is 5.81. The van der Waals surface area contributed by atoms with Crippen LogP contribution in [0.25, 0.3) is 10.9 Å². The van der Waals surface area contributed by atoms with Crippen LogP contribution in [-0.4, -0.2) is 23.3 Å². The molecule has 3 aromatic rings. The first kappa shape index (κ1) is 18.3. The highest BCUT2D eigenvalue weighted by Gasteiger charge is 2.13. The Balaban J connectivity index is 1.49. The fourth-order valence-corrected chi connectivity index (χ4v) is 3.18. The van der Waals surface area contributed by atoms with Gasteiger partial charge in [-0.15, -0.1) is 0 Å². The predicted molar refractivity (Wildman–Crippen MR) is 105 cm³/mol. The van der Waals surface area contributed by atoms with Crippen molar-refractivity contribution in [2.45, 2.75) is 12.8 Å². The molecule has 1 heterocycles. The number of aromatic amines is 1. The van der Waals surface area contributed by atoms with E-state index in [4.69, 9.17) is 23.2 Å². The molecule has 3 N–H and O–H groups in total. The number of benzene rings is 2. The van der Waals surface area contributed by atoms with Gasteiger partial charge in [-0.05, 0) is 30.2 Å². The summed E-state index contributed by atoms with van der Waals surface area (Å²) < 4.78 is 0. The molecule has 0 bridgehead atoms. The van der Waals surface area contributed by atoms with E-state index in [0.29, 0.717) is 28.7 Å². The number of hydrogen-bond acceptors (Lipinski definition) is 2. The number of carbonyl (C=O) groups excluding carboxylic acids is 2. The molecular formula is C19H17Cl2N3O2. The van der Waals surface area contributed by atoms with Crippen molar-refractivity contribution in [3.63, 3.8) is 0 Å². The van der Waals surface area contributed by atoms with Crippen LogP contribution >= 0.6 is 23.2 Å². The first-order chi connectivity index (χ1) is 12.5. The monoisotopic (exact) mass is 389 g/mol. The number of nitrogens with one attached hydrogen (secondary N) is 3. The molecule has 0 fully saturated rings. The average Bonchev–Trinajstić information content (AvgIpc) is 3.02. The zero-order valence-corrected chi connectivity index (χ0v) is 15.3. The summed E-state index contributed by atoms with van der Waals surface area (Å²) in [4.78, 5) is 27.2. The fourth-order valence-electron chi connectivity index (χ4n) is 2.68. The van der Waals surface area contributed by atoms with Crippen LogP contribution in [0.5, 0.6) is 0 Å². The van der Waals surface area contributed by atoms with Crippen LogP contribution in [-0.2, 0) is 16.0 Å². The summed E-state index contributed by atoms with van der Waals surface area (Å²) in [6.45, 7) is 0.445. The largest absolute Gasteiger partial charge is 0.361 e. The van der Waals surface area contributed by atoms with Crippen molar-refractivity contribution < 1.29 is 9.59 Å². The van der Waals surface area contributed by atoms with Crippen molar-refractivity contribution in [1.82, 2.24) is 10.3 Å². The number of hydrogen-bond donors (Lipinski definition) is 3. The van der Waals surface area contributed by atoms with E-state index in [1.54, 1.807) is 18.2 Å². The second-order valence-corrected chi connectivity index (χ2v) is 6.60. The standard InChI is InChI=1S/C19H17Cl2N3O2/c20-14-5-3-6-15(21)19(14)24-18(26)10-17(25)22-9-8-12-11-23-16-7-2-1-4-13(12)16/h1-7,11,23H,8-10H2,(H,22,25)(H,24,26). The van der Waals surface area contributed by atoms with Gasteiger partial charge in [0.1, 0.15) is 6.42 Å². The Morgan fingerprint density at radius 2 is 1.69 bits per heavy atom. The molecule has 134 valence electrons. The van der Waals surface area contributed by atoms with Crippen molar-refractivity contribution >= 4 is 51.6 Å². The molecule has 2 amide bonds. The van der Waals surface area contributed by atoms with Crippen molar-refractivity contribution in [3.8, 4) is 0 Å². The van der Waals surface area contributed by atoms with E-state index in [1.807, 2.05) is 30.5 Å². The molecule has 0 aliphatic rings. The first-order valence-electron chi connectivity index (χ1n) is 8.10. The van der Waals surface area contributed by atoms with Crippen LogP contribution in [0.15, 0.2) is 48.7 Å². The zero-order chi connectivity index (χ0) is 18.5. The maximum atomic E-state index is 12.0. The Labute approximate surface area is 160 Å². The summed E-state index contributed by atoms with van der Waals surface area (Å²) in [6.07, 6.45) is 2.31. The van der Waals surface area contributed by atoms with Crippen LogP contribution in [0.4, 0.5) is 5.69 Å². The lowest BCUT2D eigenvalue weighted by Crippen LogP contribution is -2.29. The van der Waals surface area contributed by atoms with Crippen LogP contribution < -0.4 is 10.6 Å². The van der Waals surface area contributed by atoms with E-state index in [-0.39, 0.29) is 12.3 Å². The molecule has 0 radical (unpaired) electrons. The Bertz CT molecular complexity index is 933. The van der Waals surface area contributed by atoms with Gasteiger partial charge in [-0.3, -0.25) is 9.59 Å². The van der Waals surface area contributed by atoms with Gasteiger partial charge in [-0.25, -0.2) is 0 Å². The molecule has 7 heteroatoms. The van der Waals surface area contributed by atoms with E-state index < -0.39 is 5.91 Å². The lowest BCUT2D eigenvalue weighted by atomic mass is 10.1. The van der Waals surface area contributed by atoms with Gasteiger partial charge >= 0.3 is 0 Å². The quantitative estimate of drug-likeness (QED) is 0.553. The maximum Gasteiger partial charge on any atom is 0.233 e. The van der Waals surface area contributed by atoms with Gasteiger partial charge in [0.25, 0.3) is 0 Å². The smallest absolute Gasteiger partial charge is 0.233 e. The van der Waals surface area contributed by atoms with Crippen molar-refractivity contribution in [2.24, 2.45) is 0 Å². The fraction of sp³-hybridized carbons (Fsp3) is 0.158. The number of para-hydroxylation sites is 2. The third kappa shape index (κ3) is 4.36. The second-order valence-electron chi connectivity index (χ2n) is 5.78. The van der Waals surface area contributed by atoms with Crippen LogP contribution in [0, 0.1) is 0 Å². The molecule has 0 saturated carbocycles. The molecule has 3 rings (SSSR count). The predicted octanol–water partition coefficient (Wildman–Crippen LogP) is 4.16. The van der Waals surface area contributed by atoms with Gasteiger partial charge in [0.05, 0.1) is 15.7 Å². The molecule has 0 aliphatic carbocycles. The summed E-state index contributed by atoms with van der Waals surface area (Å²) in [5.74, 6) is -0.824. The summed E-state index contributed by atoms with van der Waals surface area (Å²) >= 11 is 12.0. The van der Waals surface area contributed by atoms with Crippen LogP contribution in [0.2, 0.25) is 10.0 Å². The highest BCUT2D eigenvalue weighted by Crippen LogP contribution is 2.29. The van der Waals surface area contributed by atoms with Crippen LogP contribution in [0.3, 0.4) is 0 Å². The van der Waals surface area contributed by atoms with Gasteiger partial charge in [-0.2, -0.15) is 0 Å². The number of amides is 2. The number of anilines is 1. The second kappa shape index (κ2) is 8.25. The van der Waals surface area contributed by atoms with Crippen molar-refractivity contribution in [2.75, 3.05) is 11.9 Å². The zero-order valence-electron chi connectivity index (χ0n) is 13.8. The summed E-state index contributed by atoms with van der Waals surface area (Å²) in [5.41, 5.74) is 2.49. The molecule has 2 aromatic carbocycles. The number of H-pyrrole nitrogens is 1. The van der Waals surface area contributed by atoms with Crippen LogP contribution in [0.1, 0.15) is 12.0 Å². The SMILES string of the molecule is O=C(CC(=O)Nc1c(Cl)cccc1Cl)NCCc1c[nH]c2ccccc12. The average molecular weight is 390 g/mol. The highest BCUT2D eigenvalue weighted by atomic mass is 35.5. The van der Waals surface area contributed by atoms with Gasteiger partial charge in [0, 0.05) is 23.6 Å². The summed E-state index contributed by atoms with van der Waals surface area (Å²) in [5, 5.41) is 7.10. The Morgan fingerprint density at radius 1 is 0.962 bits per heavy atom. The minimum absolute atomic E-state index is 0.296. The van der Waals surface area contributed by atoms with Gasteiger partial charge in [-0.1, -0.05) is 47.5 Å². The van der Waals surface area contributed by atoms with E-state index >= 15 is 0 Å². The Morgan fingerprint density at radius 3 is 2.46 bits per heavy atom. The first-order valence-corrected chi connectivity index (χ1v) is 8.86. The number of aromatic nitrogens is 1. The van der Waals surface area contributed by atoms with Crippen molar-refractivity contribution in [3.05, 3.63) is 64.3 Å². The molecule has 0 aliphatic heterocycles. The maximum absolute atomic E-state index is 12.0. The van der Waals surface area contributed by atoms with Gasteiger partial charge < -0.3 is 15.6 Å². The third-order valence-corrected chi connectivity index (χ3v) is 4.57. The summed E-state index contributed by atoms with van der Waals surface area (Å²) in [7, 11) is 0. The topological polar surface area (TPSA) is 74.0 Å². The van der Waals surface area contributed by atoms with Gasteiger partial charge in [0.15, 0.2) is 0 Å². The minimum atomic E-state index is -0.468. The third-order valence-electron chi connectivity index (χ3n) is 3.94. The lowest BCUT2D eigenvalue weighted by Gasteiger charge is -2.09. The molecule has 0 spiro atoms. The molecule has 0 saturated heterocycles. The molecule has 0 atom stereocenters. The molecule has 26 heavy (non-hydrogen) atoms. The number of rotatable bonds is 6. The molecule has 0 unspecified atom stereocenters. The molecular weight excluding hydrogens is 373 g/mol. The highest BCUT2D eigenvalue weighted by molar-refractivity contribution is 6.39. The number of carbonyl (C=O) groups is 2. The van der Waals surface area contributed by atoms with E-state index in [1.165, 1.54) is 0 Å². The van der Waals surface area contributed by atoms with E-state index in [9.17, 15) is 9.59 Å². The Hall–Kier alpha value is -2.50. The molecule has 5 nitrogen and oxygen atoms in total. The number of fused-ring (bicyclic) bond motifs is 1.